The summed E-state index contributed by atoms with van der Waals surface area (Å²) in [5.41, 5.74) is 0.821. The Bertz CT molecular complexity index is 85.6. The standard InChI is InChI=1S/C6H9I/c1-5-2-6(7,3-5)4-5/h2-4H2,1H3. The van der Waals surface area contributed by atoms with E-state index in [4.69, 9.17) is 0 Å². The fourth-order valence-corrected chi connectivity index (χ4v) is 4.90. The molecule has 0 aromatic carbocycles. The molecule has 0 aromatic heterocycles. The quantitative estimate of drug-likeness (QED) is 0.423. The van der Waals surface area contributed by atoms with Gasteiger partial charge in [-0.25, -0.2) is 0 Å². The SMILES string of the molecule is CC12CC(I)(C1)C2. The van der Waals surface area contributed by atoms with Crippen molar-refractivity contribution in [3.63, 3.8) is 0 Å². The summed E-state index contributed by atoms with van der Waals surface area (Å²) in [5.74, 6) is 0. The van der Waals surface area contributed by atoms with Crippen molar-refractivity contribution in [2.45, 2.75) is 29.6 Å². The lowest BCUT2D eigenvalue weighted by Gasteiger charge is -2.66. The zero-order valence-corrected chi connectivity index (χ0v) is 6.66. The van der Waals surface area contributed by atoms with E-state index < -0.39 is 0 Å². The molecule has 0 heterocycles. The molecule has 0 N–H and O–H groups in total. The average Bonchev–Trinajstić information content (AvgIpc) is 1.27. The minimum Gasteiger partial charge on any atom is -0.0788 e. The van der Waals surface area contributed by atoms with E-state index in [1.165, 1.54) is 19.3 Å². The molecule has 3 rings (SSSR count). The van der Waals surface area contributed by atoms with Crippen molar-refractivity contribution in [3.05, 3.63) is 0 Å². The van der Waals surface area contributed by atoms with Crippen LogP contribution in [0.2, 0.25) is 0 Å². The highest BCUT2D eigenvalue weighted by molar-refractivity contribution is 14.1. The second-order valence-corrected chi connectivity index (χ2v) is 5.78. The molecule has 0 unspecified atom stereocenters. The van der Waals surface area contributed by atoms with Crippen LogP contribution >= 0.6 is 22.6 Å². The summed E-state index contributed by atoms with van der Waals surface area (Å²) in [6.07, 6.45) is 4.50. The average molecular weight is 208 g/mol. The molecule has 3 aliphatic rings. The fraction of sp³-hybridized carbons (Fsp3) is 1.00. The third-order valence-electron chi connectivity index (χ3n) is 2.23. The maximum atomic E-state index is 2.60. The van der Waals surface area contributed by atoms with E-state index in [1.807, 2.05) is 0 Å². The number of alkyl halides is 1. The van der Waals surface area contributed by atoms with Crippen molar-refractivity contribution in [3.8, 4) is 0 Å². The van der Waals surface area contributed by atoms with Crippen molar-refractivity contribution in [2.75, 3.05) is 0 Å². The summed E-state index contributed by atoms with van der Waals surface area (Å²) in [7, 11) is 0. The second kappa shape index (κ2) is 0.893. The minimum atomic E-state index is 0.798. The van der Waals surface area contributed by atoms with E-state index in [1.54, 1.807) is 0 Å². The largest absolute Gasteiger partial charge is 0.0788 e. The molecule has 0 spiro atoms. The van der Waals surface area contributed by atoms with Gasteiger partial charge in [0.25, 0.3) is 0 Å². The van der Waals surface area contributed by atoms with E-state index in [0.29, 0.717) is 0 Å². The molecule has 0 aliphatic heterocycles. The van der Waals surface area contributed by atoms with Crippen molar-refractivity contribution < 1.29 is 0 Å². The molecular formula is C6H9I. The molecule has 0 saturated heterocycles. The molecule has 1 heteroatoms. The normalized spacial score (nSPS) is 66.0. The van der Waals surface area contributed by atoms with Gasteiger partial charge >= 0.3 is 0 Å². The van der Waals surface area contributed by atoms with E-state index in [-0.39, 0.29) is 0 Å². The van der Waals surface area contributed by atoms with Crippen LogP contribution in [0.25, 0.3) is 0 Å². The first-order valence-electron chi connectivity index (χ1n) is 2.81. The van der Waals surface area contributed by atoms with Crippen LogP contribution in [0.15, 0.2) is 0 Å². The van der Waals surface area contributed by atoms with Crippen LogP contribution in [0.5, 0.6) is 0 Å². The van der Waals surface area contributed by atoms with Crippen LogP contribution in [0.1, 0.15) is 26.2 Å². The van der Waals surface area contributed by atoms with Gasteiger partial charge in [-0.1, -0.05) is 29.5 Å². The first-order valence-corrected chi connectivity index (χ1v) is 3.89. The number of hydrogen-bond acceptors (Lipinski definition) is 0. The van der Waals surface area contributed by atoms with Gasteiger partial charge in [0.2, 0.25) is 0 Å². The highest BCUT2D eigenvalue weighted by atomic mass is 127. The zero-order valence-electron chi connectivity index (χ0n) is 4.50. The van der Waals surface area contributed by atoms with Crippen LogP contribution in [0.4, 0.5) is 0 Å². The van der Waals surface area contributed by atoms with Crippen molar-refractivity contribution in [1.82, 2.24) is 0 Å². The lowest BCUT2D eigenvalue weighted by Crippen LogP contribution is -2.61. The van der Waals surface area contributed by atoms with Gasteiger partial charge in [-0.05, 0) is 24.7 Å². The van der Waals surface area contributed by atoms with Crippen LogP contribution in [0.3, 0.4) is 0 Å². The molecular weight excluding hydrogens is 199 g/mol. The van der Waals surface area contributed by atoms with Crippen molar-refractivity contribution >= 4 is 22.6 Å². The van der Waals surface area contributed by atoms with Gasteiger partial charge in [0.05, 0.1) is 0 Å². The first kappa shape index (κ1) is 4.59. The van der Waals surface area contributed by atoms with Crippen LogP contribution in [0, 0.1) is 5.41 Å². The summed E-state index contributed by atoms with van der Waals surface area (Å²) < 4.78 is 0.798. The molecule has 0 radical (unpaired) electrons. The second-order valence-electron chi connectivity index (χ2n) is 3.49. The van der Waals surface area contributed by atoms with Gasteiger partial charge in [-0.3, -0.25) is 0 Å². The Morgan fingerprint density at radius 2 is 1.71 bits per heavy atom. The molecule has 3 aliphatic carbocycles. The first-order chi connectivity index (χ1) is 3.12. The van der Waals surface area contributed by atoms with Crippen molar-refractivity contribution in [1.29, 1.82) is 0 Å². The molecule has 3 fully saturated rings. The Labute approximate surface area is 57.8 Å². The number of halogens is 1. The summed E-state index contributed by atoms with van der Waals surface area (Å²) in [5, 5.41) is 0. The Kier molecular flexibility index (Phi) is 0.586. The Morgan fingerprint density at radius 1 is 1.29 bits per heavy atom. The van der Waals surface area contributed by atoms with Gasteiger partial charge in [-0.15, -0.1) is 0 Å². The molecule has 0 atom stereocenters. The van der Waals surface area contributed by atoms with Gasteiger partial charge in [0.15, 0.2) is 0 Å². The summed E-state index contributed by atoms with van der Waals surface area (Å²) in [4.78, 5) is 0. The lowest BCUT2D eigenvalue weighted by atomic mass is 9.45. The molecule has 2 bridgehead atoms. The summed E-state index contributed by atoms with van der Waals surface area (Å²) in [6, 6.07) is 0. The molecule has 0 aromatic rings. The smallest absolute Gasteiger partial charge is 0.0238 e. The van der Waals surface area contributed by atoms with E-state index in [0.717, 1.165) is 8.84 Å². The van der Waals surface area contributed by atoms with Gasteiger partial charge < -0.3 is 0 Å². The van der Waals surface area contributed by atoms with Gasteiger partial charge in [0.1, 0.15) is 0 Å². The highest BCUT2D eigenvalue weighted by Gasteiger charge is 2.63. The highest BCUT2D eigenvalue weighted by Crippen LogP contribution is 2.71. The predicted molar refractivity (Wildman–Crippen MR) is 38.7 cm³/mol. The van der Waals surface area contributed by atoms with E-state index in [2.05, 4.69) is 29.5 Å². The lowest BCUT2D eigenvalue weighted by molar-refractivity contribution is -0.0430. The van der Waals surface area contributed by atoms with Gasteiger partial charge in [0, 0.05) is 3.42 Å². The van der Waals surface area contributed by atoms with E-state index >= 15 is 0 Å². The molecule has 3 saturated carbocycles. The Balaban J connectivity index is 2.16. The van der Waals surface area contributed by atoms with Crippen molar-refractivity contribution in [2.24, 2.45) is 5.41 Å². The topological polar surface area (TPSA) is 0 Å². The molecule has 7 heavy (non-hydrogen) atoms. The van der Waals surface area contributed by atoms with Crippen LogP contribution in [-0.2, 0) is 0 Å². The minimum absolute atomic E-state index is 0.798. The summed E-state index contributed by atoms with van der Waals surface area (Å²) >= 11 is 2.60. The molecule has 0 nitrogen and oxygen atoms in total. The molecule has 0 amide bonds. The third kappa shape index (κ3) is 0.429. The maximum absolute atomic E-state index is 2.60. The Hall–Kier alpha value is 0.730. The van der Waals surface area contributed by atoms with Gasteiger partial charge in [-0.2, -0.15) is 0 Å². The Morgan fingerprint density at radius 3 is 1.71 bits per heavy atom. The summed E-state index contributed by atoms with van der Waals surface area (Å²) in [6.45, 7) is 2.40. The fourth-order valence-electron chi connectivity index (χ4n) is 2.14. The number of hydrogen-bond donors (Lipinski definition) is 0. The van der Waals surface area contributed by atoms with E-state index in [9.17, 15) is 0 Å². The third-order valence-corrected chi connectivity index (χ3v) is 3.37. The molecule has 40 valence electrons. The monoisotopic (exact) mass is 208 g/mol. The zero-order chi connectivity index (χ0) is 5.12. The maximum Gasteiger partial charge on any atom is 0.0238 e. The van der Waals surface area contributed by atoms with Crippen LogP contribution < -0.4 is 0 Å². The van der Waals surface area contributed by atoms with Crippen LogP contribution in [-0.4, -0.2) is 3.42 Å². The predicted octanol–water partition coefficient (Wildman–Crippen LogP) is 2.36. The number of rotatable bonds is 0.